The molecule has 0 saturated heterocycles. The predicted octanol–water partition coefficient (Wildman–Crippen LogP) is 1.59. The lowest BCUT2D eigenvalue weighted by atomic mass is 10.2. The summed E-state index contributed by atoms with van der Waals surface area (Å²) in [6.07, 6.45) is 0.0290. The molecule has 0 aliphatic rings. The highest BCUT2D eigenvalue weighted by Crippen LogP contribution is 2.23. The molecule has 12 heteroatoms. The minimum Gasteiger partial charge on any atom is -0.497 e. The number of nitrogens with zero attached hydrogens (tertiary/aromatic N) is 4. The molecule has 3 rings (SSSR count). The molecular weight excluding hydrogens is 460 g/mol. The van der Waals surface area contributed by atoms with Gasteiger partial charge in [-0.1, -0.05) is 17.8 Å². The SMILES string of the molecule is COc1ccc(N(CCC(N)=O)C(=O)CSc2nnc(COc3cccc(OC)c3)n2N)cc1. The Bertz CT molecular complexity index is 1120. The van der Waals surface area contributed by atoms with E-state index in [2.05, 4.69) is 10.2 Å². The van der Waals surface area contributed by atoms with Gasteiger partial charge in [-0.3, -0.25) is 9.59 Å². The zero-order chi connectivity index (χ0) is 24.5. The van der Waals surface area contributed by atoms with Gasteiger partial charge in [0.15, 0.2) is 5.82 Å². The van der Waals surface area contributed by atoms with Crippen LogP contribution in [0.1, 0.15) is 12.2 Å². The summed E-state index contributed by atoms with van der Waals surface area (Å²) in [7, 11) is 3.13. The maximum atomic E-state index is 13.0. The number of ether oxygens (including phenoxy) is 3. The average molecular weight is 487 g/mol. The molecular formula is C22H26N6O5S. The maximum absolute atomic E-state index is 13.0. The van der Waals surface area contributed by atoms with E-state index in [0.717, 1.165) is 11.8 Å². The highest BCUT2D eigenvalue weighted by molar-refractivity contribution is 7.99. The van der Waals surface area contributed by atoms with Gasteiger partial charge >= 0.3 is 0 Å². The number of hydrogen-bond donors (Lipinski definition) is 2. The monoisotopic (exact) mass is 486 g/mol. The molecule has 0 bridgehead atoms. The molecule has 0 radical (unpaired) electrons. The molecule has 0 spiro atoms. The summed E-state index contributed by atoms with van der Waals surface area (Å²) in [5.41, 5.74) is 5.90. The van der Waals surface area contributed by atoms with Gasteiger partial charge in [0, 0.05) is 24.7 Å². The van der Waals surface area contributed by atoms with E-state index in [4.69, 9.17) is 25.8 Å². The molecule has 0 aliphatic heterocycles. The Hall–Kier alpha value is -3.93. The fourth-order valence-electron chi connectivity index (χ4n) is 2.93. The summed E-state index contributed by atoms with van der Waals surface area (Å²) >= 11 is 1.13. The van der Waals surface area contributed by atoms with Crippen LogP contribution in [0.15, 0.2) is 53.7 Å². The molecule has 0 saturated carbocycles. The van der Waals surface area contributed by atoms with Crippen LogP contribution in [0.25, 0.3) is 0 Å². The topological polar surface area (TPSA) is 148 Å². The van der Waals surface area contributed by atoms with Gasteiger partial charge in [0.2, 0.25) is 17.0 Å². The van der Waals surface area contributed by atoms with Crippen molar-refractivity contribution in [3.8, 4) is 17.2 Å². The number of hydrogen-bond acceptors (Lipinski definition) is 9. The first-order chi connectivity index (χ1) is 16.4. The number of carbonyl (C=O) groups is 2. The van der Waals surface area contributed by atoms with Gasteiger partial charge in [-0.2, -0.15) is 0 Å². The zero-order valence-electron chi connectivity index (χ0n) is 18.8. The van der Waals surface area contributed by atoms with Crippen LogP contribution in [0.5, 0.6) is 17.2 Å². The van der Waals surface area contributed by atoms with Gasteiger partial charge in [0.1, 0.15) is 23.9 Å². The summed E-state index contributed by atoms with van der Waals surface area (Å²) in [6.45, 7) is 0.234. The van der Waals surface area contributed by atoms with Gasteiger partial charge in [-0.05, 0) is 36.4 Å². The second-order valence-corrected chi connectivity index (χ2v) is 7.93. The standard InChI is InChI=1S/C22H26N6O5S/c1-31-16-8-6-15(7-9-16)27(11-10-19(23)29)21(30)14-34-22-26-25-20(28(22)24)13-33-18-5-3-4-17(12-18)32-2/h3-9,12H,10-11,13-14,24H2,1-2H3,(H2,23,29). The normalized spacial score (nSPS) is 10.5. The van der Waals surface area contributed by atoms with Crippen LogP contribution >= 0.6 is 11.8 Å². The van der Waals surface area contributed by atoms with Crippen LogP contribution in [-0.4, -0.2) is 53.2 Å². The number of carbonyl (C=O) groups excluding carboxylic acids is 2. The van der Waals surface area contributed by atoms with E-state index in [1.54, 1.807) is 56.7 Å². The molecule has 11 nitrogen and oxygen atoms in total. The van der Waals surface area contributed by atoms with E-state index in [9.17, 15) is 9.59 Å². The number of aromatic nitrogens is 3. The number of nitrogen functional groups attached to an aromatic ring is 1. The van der Waals surface area contributed by atoms with E-state index < -0.39 is 5.91 Å². The molecule has 0 atom stereocenters. The van der Waals surface area contributed by atoms with Gasteiger partial charge < -0.3 is 30.7 Å². The van der Waals surface area contributed by atoms with Crippen molar-refractivity contribution < 1.29 is 23.8 Å². The Morgan fingerprint density at radius 2 is 1.74 bits per heavy atom. The lowest BCUT2D eigenvalue weighted by Crippen LogP contribution is -2.35. The number of nitrogens with two attached hydrogens (primary N) is 2. The van der Waals surface area contributed by atoms with E-state index in [-0.39, 0.29) is 31.2 Å². The van der Waals surface area contributed by atoms with Crippen molar-refractivity contribution in [2.45, 2.75) is 18.2 Å². The number of amides is 2. The Kier molecular flexibility index (Phi) is 8.57. The van der Waals surface area contributed by atoms with Gasteiger partial charge in [-0.15, -0.1) is 10.2 Å². The lowest BCUT2D eigenvalue weighted by molar-refractivity contribution is -0.118. The summed E-state index contributed by atoms with van der Waals surface area (Å²) in [5.74, 6) is 7.68. The first-order valence-electron chi connectivity index (χ1n) is 10.2. The van der Waals surface area contributed by atoms with Crippen LogP contribution < -0.4 is 30.7 Å². The van der Waals surface area contributed by atoms with Crippen molar-refractivity contribution in [1.29, 1.82) is 0 Å². The van der Waals surface area contributed by atoms with Crippen LogP contribution in [-0.2, 0) is 16.2 Å². The molecule has 4 N–H and O–H groups in total. The van der Waals surface area contributed by atoms with Crippen molar-refractivity contribution in [2.75, 3.05) is 37.3 Å². The van der Waals surface area contributed by atoms with Gasteiger partial charge in [-0.25, -0.2) is 4.68 Å². The highest BCUT2D eigenvalue weighted by atomic mass is 32.2. The summed E-state index contributed by atoms with van der Waals surface area (Å²) in [6, 6.07) is 14.1. The first kappa shape index (κ1) is 24.7. The molecule has 2 aromatic carbocycles. The minimum atomic E-state index is -0.499. The van der Waals surface area contributed by atoms with Crippen LogP contribution in [0, 0.1) is 0 Å². The number of benzene rings is 2. The molecule has 1 heterocycles. The lowest BCUT2D eigenvalue weighted by Gasteiger charge is -2.22. The average Bonchev–Trinajstić information content (AvgIpc) is 3.21. The third-order valence-corrected chi connectivity index (χ3v) is 5.66. The Morgan fingerprint density at radius 3 is 2.41 bits per heavy atom. The molecule has 0 fully saturated rings. The predicted molar refractivity (Wildman–Crippen MR) is 127 cm³/mol. The summed E-state index contributed by atoms with van der Waals surface area (Å²) in [5, 5.41) is 8.44. The molecule has 2 amide bonds. The number of rotatable bonds is 12. The fraction of sp³-hybridized carbons (Fsp3) is 0.273. The third-order valence-electron chi connectivity index (χ3n) is 4.74. The van der Waals surface area contributed by atoms with E-state index >= 15 is 0 Å². The van der Waals surface area contributed by atoms with Crippen molar-refractivity contribution in [1.82, 2.24) is 14.9 Å². The highest BCUT2D eigenvalue weighted by Gasteiger charge is 2.19. The van der Waals surface area contributed by atoms with Crippen LogP contribution in [0.2, 0.25) is 0 Å². The molecule has 0 aliphatic carbocycles. The third kappa shape index (κ3) is 6.54. The molecule has 0 unspecified atom stereocenters. The van der Waals surface area contributed by atoms with Gasteiger partial charge in [0.25, 0.3) is 0 Å². The Morgan fingerprint density at radius 1 is 1.03 bits per heavy atom. The van der Waals surface area contributed by atoms with Crippen LogP contribution in [0.3, 0.4) is 0 Å². The second kappa shape index (κ2) is 11.8. The molecule has 180 valence electrons. The number of anilines is 1. The molecule has 3 aromatic rings. The van der Waals surface area contributed by atoms with Crippen molar-refractivity contribution in [3.05, 3.63) is 54.4 Å². The summed E-state index contributed by atoms with van der Waals surface area (Å²) < 4.78 is 17.3. The molecule has 34 heavy (non-hydrogen) atoms. The minimum absolute atomic E-state index is 0.0247. The van der Waals surface area contributed by atoms with E-state index in [1.807, 2.05) is 6.07 Å². The largest absolute Gasteiger partial charge is 0.497 e. The van der Waals surface area contributed by atoms with E-state index in [1.165, 1.54) is 9.58 Å². The van der Waals surface area contributed by atoms with Crippen molar-refractivity contribution in [3.63, 3.8) is 0 Å². The Labute approximate surface area is 200 Å². The first-order valence-corrected chi connectivity index (χ1v) is 11.2. The maximum Gasteiger partial charge on any atom is 0.237 e. The second-order valence-electron chi connectivity index (χ2n) is 6.98. The quantitative estimate of drug-likeness (QED) is 0.287. The molecule has 1 aromatic heterocycles. The number of primary amides is 1. The van der Waals surface area contributed by atoms with Crippen LogP contribution in [0.4, 0.5) is 5.69 Å². The fourth-order valence-corrected chi connectivity index (χ4v) is 3.68. The summed E-state index contributed by atoms with van der Waals surface area (Å²) in [4.78, 5) is 25.7. The number of methoxy groups -OCH3 is 2. The van der Waals surface area contributed by atoms with Crippen molar-refractivity contribution >= 4 is 29.3 Å². The van der Waals surface area contributed by atoms with E-state index in [0.29, 0.717) is 33.9 Å². The smallest absolute Gasteiger partial charge is 0.237 e. The zero-order valence-corrected chi connectivity index (χ0v) is 19.7. The van der Waals surface area contributed by atoms with Crippen molar-refractivity contribution in [2.24, 2.45) is 5.73 Å². The van der Waals surface area contributed by atoms with Gasteiger partial charge in [0.05, 0.1) is 20.0 Å². The Balaban J connectivity index is 1.63. The number of thioether (sulfide) groups is 1.